The molecule has 0 fully saturated rings. The van der Waals surface area contributed by atoms with Gasteiger partial charge in [0.25, 0.3) is 0 Å². The van der Waals surface area contributed by atoms with Gasteiger partial charge in [-0.1, -0.05) is 20.8 Å². The molecule has 0 amide bonds. The summed E-state index contributed by atoms with van der Waals surface area (Å²) in [7, 11) is 0. The largest absolute Gasteiger partial charge is 0.231 e. The Morgan fingerprint density at radius 2 is 1.88 bits per heavy atom. The summed E-state index contributed by atoms with van der Waals surface area (Å²) in [6, 6.07) is 3.98. The van der Waals surface area contributed by atoms with E-state index in [1.807, 2.05) is 17.5 Å². The van der Waals surface area contributed by atoms with E-state index in [0.717, 1.165) is 25.5 Å². The third-order valence-electron chi connectivity index (χ3n) is 2.22. The molecule has 0 bridgehead atoms. The van der Waals surface area contributed by atoms with Crippen molar-refractivity contribution >= 4 is 43.2 Å². The fraction of sp³-hybridized carbons (Fsp3) is 0.333. The lowest BCUT2D eigenvalue weighted by Gasteiger charge is -2.17. The molecule has 2 aromatic heterocycles. The average molecular weight is 376 g/mol. The van der Waals surface area contributed by atoms with Crippen LogP contribution in [-0.4, -0.2) is 9.97 Å². The van der Waals surface area contributed by atoms with Crippen molar-refractivity contribution in [3.8, 4) is 10.6 Å². The molecule has 0 aromatic carbocycles. The molecule has 2 nitrogen and oxygen atoms in total. The van der Waals surface area contributed by atoms with Gasteiger partial charge < -0.3 is 0 Å². The maximum atomic E-state index is 4.65. The number of thiophene rings is 1. The van der Waals surface area contributed by atoms with Crippen molar-refractivity contribution in [2.24, 2.45) is 0 Å². The SMILES string of the molecule is CC(C)(C)c1nc(Br)cc(-c2sccc2Br)n1. The van der Waals surface area contributed by atoms with Crippen LogP contribution in [0.5, 0.6) is 0 Å². The molecule has 0 atom stereocenters. The van der Waals surface area contributed by atoms with Gasteiger partial charge >= 0.3 is 0 Å². The zero-order chi connectivity index (χ0) is 12.6. The van der Waals surface area contributed by atoms with Crippen LogP contribution in [0.4, 0.5) is 0 Å². The molecule has 0 spiro atoms. The molecule has 0 aliphatic carbocycles. The third kappa shape index (κ3) is 2.95. The minimum Gasteiger partial charge on any atom is -0.231 e. The minimum atomic E-state index is -0.0533. The maximum absolute atomic E-state index is 4.65. The lowest BCUT2D eigenvalue weighted by molar-refractivity contribution is 0.544. The smallest absolute Gasteiger partial charge is 0.135 e. The van der Waals surface area contributed by atoms with Crippen LogP contribution in [0.1, 0.15) is 26.6 Å². The number of aromatic nitrogens is 2. The molecule has 0 saturated heterocycles. The average Bonchev–Trinajstić information content (AvgIpc) is 2.62. The zero-order valence-corrected chi connectivity index (χ0v) is 13.8. The minimum absolute atomic E-state index is 0.0533. The van der Waals surface area contributed by atoms with Crippen LogP contribution < -0.4 is 0 Å². The molecule has 2 rings (SSSR count). The van der Waals surface area contributed by atoms with E-state index < -0.39 is 0 Å². The first-order valence-corrected chi connectivity index (χ1v) is 7.63. The van der Waals surface area contributed by atoms with Crippen molar-refractivity contribution in [2.75, 3.05) is 0 Å². The Morgan fingerprint density at radius 1 is 1.18 bits per heavy atom. The molecule has 0 saturated carbocycles. The fourth-order valence-corrected chi connectivity index (χ4v) is 3.27. The van der Waals surface area contributed by atoms with E-state index in [1.165, 1.54) is 0 Å². The third-order valence-corrected chi connectivity index (χ3v) is 4.48. The number of hydrogen-bond donors (Lipinski definition) is 0. The van der Waals surface area contributed by atoms with Gasteiger partial charge in [-0.05, 0) is 49.4 Å². The van der Waals surface area contributed by atoms with Crippen molar-refractivity contribution in [1.82, 2.24) is 9.97 Å². The van der Waals surface area contributed by atoms with Gasteiger partial charge in [0.05, 0.1) is 10.6 Å². The summed E-state index contributed by atoms with van der Waals surface area (Å²) in [5.74, 6) is 0.849. The molecule has 90 valence electrons. The van der Waals surface area contributed by atoms with Gasteiger partial charge in [-0.25, -0.2) is 9.97 Å². The highest BCUT2D eigenvalue weighted by Gasteiger charge is 2.19. The summed E-state index contributed by atoms with van der Waals surface area (Å²) in [5, 5.41) is 2.05. The Kier molecular flexibility index (Phi) is 3.71. The molecule has 0 aliphatic rings. The standard InChI is InChI=1S/C12H12Br2N2S/c1-12(2,3)11-15-8(6-9(14)16-11)10-7(13)4-5-17-10/h4-6H,1-3H3. The highest BCUT2D eigenvalue weighted by Crippen LogP contribution is 2.34. The zero-order valence-electron chi connectivity index (χ0n) is 9.79. The molecule has 2 heterocycles. The first-order chi connectivity index (χ1) is 7.88. The van der Waals surface area contributed by atoms with Gasteiger partial charge in [-0.2, -0.15) is 0 Å². The Hall–Kier alpha value is -0.260. The van der Waals surface area contributed by atoms with E-state index >= 15 is 0 Å². The molecule has 0 unspecified atom stereocenters. The van der Waals surface area contributed by atoms with E-state index in [0.29, 0.717) is 0 Å². The normalized spacial score (nSPS) is 11.8. The molecule has 0 N–H and O–H groups in total. The summed E-state index contributed by atoms with van der Waals surface area (Å²) in [5.41, 5.74) is 0.904. The molecule has 2 aromatic rings. The van der Waals surface area contributed by atoms with Gasteiger partial charge in [0.15, 0.2) is 0 Å². The number of hydrogen-bond acceptors (Lipinski definition) is 3. The summed E-state index contributed by atoms with van der Waals surface area (Å²) in [4.78, 5) is 10.2. The van der Waals surface area contributed by atoms with Gasteiger partial charge in [0, 0.05) is 9.89 Å². The molecule has 17 heavy (non-hydrogen) atoms. The Labute approximate surface area is 122 Å². The lowest BCUT2D eigenvalue weighted by atomic mass is 9.95. The van der Waals surface area contributed by atoms with Crippen LogP contribution in [0.2, 0.25) is 0 Å². The monoisotopic (exact) mass is 374 g/mol. The fourth-order valence-electron chi connectivity index (χ4n) is 1.35. The van der Waals surface area contributed by atoms with Gasteiger partial charge in [0.2, 0.25) is 0 Å². The Bertz CT molecular complexity index is 544. The van der Waals surface area contributed by atoms with E-state index in [-0.39, 0.29) is 5.41 Å². The van der Waals surface area contributed by atoms with Crippen molar-refractivity contribution in [2.45, 2.75) is 26.2 Å². The highest BCUT2D eigenvalue weighted by molar-refractivity contribution is 9.10. The maximum Gasteiger partial charge on any atom is 0.135 e. The van der Waals surface area contributed by atoms with E-state index in [4.69, 9.17) is 0 Å². The van der Waals surface area contributed by atoms with Crippen LogP contribution in [0.3, 0.4) is 0 Å². The second kappa shape index (κ2) is 4.78. The van der Waals surface area contributed by atoms with Crippen LogP contribution in [0.15, 0.2) is 26.6 Å². The number of nitrogens with zero attached hydrogens (tertiary/aromatic N) is 2. The van der Waals surface area contributed by atoms with Crippen molar-refractivity contribution in [3.63, 3.8) is 0 Å². The molecule has 5 heteroatoms. The first kappa shape index (κ1) is 13.2. The number of halogens is 2. The highest BCUT2D eigenvalue weighted by atomic mass is 79.9. The van der Waals surface area contributed by atoms with Gasteiger partial charge in [-0.3, -0.25) is 0 Å². The summed E-state index contributed by atoms with van der Waals surface area (Å²) in [6.07, 6.45) is 0. The predicted molar refractivity (Wildman–Crippen MR) is 79.4 cm³/mol. The van der Waals surface area contributed by atoms with Gasteiger partial charge in [0.1, 0.15) is 10.4 Å². The predicted octanol–water partition coefficient (Wildman–Crippen LogP) is 5.03. The van der Waals surface area contributed by atoms with Crippen LogP contribution >= 0.6 is 43.2 Å². The topological polar surface area (TPSA) is 25.8 Å². The van der Waals surface area contributed by atoms with E-state index in [9.17, 15) is 0 Å². The Morgan fingerprint density at radius 3 is 2.41 bits per heavy atom. The molecular formula is C12H12Br2N2S. The quantitative estimate of drug-likeness (QED) is 0.653. The van der Waals surface area contributed by atoms with Crippen LogP contribution in [0.25, 0.3) is 10.6 Å². The van der Waals surface area contributed by atoms with E-state index in [1.54, 1.807) is 11.3 Å². The molecular weight excluding hydrogens is 364 g/mol. The second-order valence-corrected chi connectivity index (χ2v) is 7.33. The summed E-state index contributed by atoms with van der Waals surface area (Å²) < 4.78 is 1.90. The van der Waals surface area contributed by atoms with Crippen LogP contribution in [-0.2, 0) is 5.41 Å². The number of rotatable bonds is 1. The van der Waals surface area contributed by atoms with Crippen molar-refractivity contribution in [3.05, 3.63) is 32.4 Å². The van der Waals surface area contributed by atoms with Crippen molar-refractivity contribution in [1.29, 1.82) is 0 Å². The molecule has 0 aliphatic heterocycles. The summed E-state index contributed by atoms with van der Waals surface area (Å²) in [6.45, 7) is 6.34. The van der Waals surface area contributed by atoms with E-state index in [2.05, 4.69) is 62.6 Å². The van der Waals surface area contributed by atoms with Crippen LogP contribution in [0, 0.1) is 0 Å². The Balaban J connectivity index is 2.57. The molecule has 0 radical (unpaired) electrons. The summed E-state index contributed by atoms with van der Waals surface area (Å²) >= 11 is 8.66. The second-order valence-electron chi connectivity index (χ2n) is 4.75. The lowest BCUT2D eigenvalue weighted by Crippen LogP contribution is -2.16. The van der Waals surface area contributed by atoms with Crippen molar-refractivity contribution < 1.29 is 0 Å². The van der Waals surface area contributed by atoms with Gasteiger partial charge in [-0.15, -0.1) is 11.3 Å². The first-order valence-electron chi connectivity index (χ1n) is 5.16.